The Morgan fingerprint density at radius 1 is 1.05 bits per heavy atom. The molecular formula is C14H20N2O2S. The lowest BCUT2D eigenvalue weighted by molar-refractivity contribution is 0.119. The predicted octanol–water partition coefficient (Wildman–Crippen LogP) is 3.28. The van der Waals surface area contributed by atoms with Crippen LogP contribution >= 0.6 is 11.7 Å². The summed E-state index contributed by atoms with van der Waals surface area (Å²) in [7, 11) is 0. The highest BCUT2D eigenvalue weighted by Crippen LogP contribution is 2.46. The normalized spacial score (nSPS) is 33.4. The molecule has 0 amide bonds. The van der Waals surface area contributed by atoms with Gasteiger partial charge in [-0.1, -0.05) is 6.42 Å². The van der Waals surface area contributed by atoms with E-state index in [4.69, 9.17) is 9.47 Å². The molecule has 3 atom stereocenters. The summed E-state index contributed by atoms with van der Waals surface area (Å²) in [5, 5.41) is 0. The minimum Gasteiger partial charge on any atom is -0.473 e. The maximum absolute atomic E-state index is 6.08. The first kappa shape index (κ1) is 11.9. The van der Waals surface area contributed by atoms with Crippen LogP contribution in [0.15, 0.2) is 0 Å². The van der Waals surface area contributed by atoms with Crippen molar-refractivity contribution in [1.29, 1.82) is 0 Å². The van der Waals surface area contributed by atoms with Gasteiger partial charge in [-0.05, 0) is 56.3 Å². The van der Waals surface area contributed by atoms with Gasteiger partial charge in [-0.3, -0.25) is 0 Å². The van der Waals surface area contributed by atoms with Crippen molar-refractivity contribution in [2.45, 2.75) is 51.0 Å². The second-order valence-corrected chi connectivity index (χ2v) is 6.84. The molecule has 0 aliphatic heterocycles. The van der Waals surface area contributed by atoms with Crippen LogP contribution in [0.2, 0.25) is 0 Å². The predicted molar refractivity (Wildman–Crippen MR) is 72.6 cm³/mol. The van der Waals surface area contributed by atoms with E-state index < -0.39 is 0 Å². The molecule has 3 aliphatic rings. The lowest BCUT2D eigenvalue weighted by Gasteiger charge is -2.25. The van der Waals surface area contributed by atoms with Gasteiger partial charge in [0.1, 0.15) is 6.10 Å². The lowest BCUT2D eigenvalue weighted by Crippen LogP contribution is -2.24. The molecule has 0 aromatic carbocycles. The number of hydrogen-bond donors (Lipinski definition) is 0. The molecule has 0 unspecified atom stereocenters. The SMILES string of the molecule is C1CC(COc2nsnc2O[C@H]2C[C@@H]3CC[C@H]2C3)C1. The summed E-state index contributed by atoms with van der Waals surface area (Å²) >= 11 is 1.20. The van der Waals surface area contributed by atoms with Gasteiger partial charge < -0.3 is 9.47 Å². The van der Waals surface area contributed by atoms with Gasteiger partial charge >= 0.3 is 0 Å². The van der Waals surface area contributed by atoms with Gasteiger partial charge in [0.25, 0.3) is 11.8 Å². The van der Waals surface area contributed by atoms with Gasteiger partial charge in [-0.2, -0.15) is 0 Å². The Hall–Kier alpha value is -0.840. The van der Waals surface area contributed by atoms with Crippen LogP contribution in [-0.2, 0) is 0 Å². The fourth-order valence-electron chi connectivity index (χ4n) is 3.66. The van der Waals surface area contributed by atoms with Gasteiger partial charge in [-0.25, -0.2) is 0 Å². The zero-order chi connectivity index (χ0) is 12.7. The van der Waals surface area contributed by atoms with Gasteiger partial charge in [0.15, 0.2) is 0 Å². The molecular weight excluding hydrogens is 260 g/mol. The minimum absolute atomic E-state index is 0.355. The quantitative estimate of drug-likeness (QED) is 0.830. The molecule has 0 N–H and O–H groups in total. The number of fused-ring (bicyclic) bond motifs is 2. The van der Waals surface area contributed by atoms with Crippen LogP contribution in [0.1, 0.15) is 44.9 Å². The first-order valence-electron chi connectivity index (χ1n) is 7.50. The van der Waals surface area contributed by atoms with Crippen LogP contribution in [0.25, 0.3) is 0 Å². The van der Waals surface area contributed by atoms with Crippen molar-refractivity contribution in [2.75, 3.05) is 6.61 Å². The third kappa shape index (κ3) is 2.33. The standard InChI is InChI=1S/C14H20N2O2S/c1-2-9(3-1)8-17-13-14(16-19-15-13)18-12-7-10-4-5-11(12)6-10/h9-12H,1-8H2/t10-,11+,12+/m1/s1. The Morgan fingerprint density at radius 2 is 1.95 bits per heavy atom. The average molecular weight is 280 g/mol. The third-order valence-corrected chi connectivity index (χ3v) is 5.54. The van der Waals surface area contributed by atoms with E-state index >= 15 is 0 Å². The number of nitrogens with zero attached hydrogens (tertiary/aromatic N) is 2. The fraction of sp³-hybridized carbons (Fsp3) is 0.857. The molecule has 104 valence electrons. The minimum atomic E-state index is 0.355. The lowest BCUT2D eigenvalue weighted by atomic mass is 9.86. The molecule has 4 nitrogen and oxygen atoms in total. The van der Waals surface area contributed by atoms with Gasteiger partial charge in [0, 0.05) is 0 Å². The van der Waals surface area contributed by atoms with Crippen molar-refractivity contribution in [3.05, 3.63) is 0 Å². The highest BCUT2D eigenvalue weighted by molar-refractivity contribution is 6.99. The molecule has 0 radical (unpaired) electrons. The van der Waals surface area contributed by atoms with E-state index in [1.54, 1.807) is 0 Å². The Bertz CT molecular complexity index is 446. The maximum atomic E-state index is 6.08. The van der Waals surface area contributed by atoms with E-state index in [0.717, 1.165) is 24.4 Å². The second kappa shape index (κ2) is 4.93. The summed E-state index contributed by atoms with van der Waals surface area (Å²) in [6.45, 7) is 0.776. The number of rotatable bonds is 5. The Balaban J connectivity index is 1.36. The molecule has 2 bridgehead atoms. The summed E-state index contributed by atoms with van der Waals surface area (Å²) in [6, 6.07) is 0. The van der Waals surface area contributed by atoms with E-state index in [-0.39, 0.29) is 0 Å². The summed E-state index contributed by atoms with van der Waals surface area (Å²) in [4.78, 5) is 0. The van der Waals surface area contributed by atoms with Crippen LogP contribution in [0.3, 0.4) is 0 Å². The Morgan fingerprint density at radius 3 is 2.63 bits per heavy atom. The topological polar surface area (TPSA) is 44.2 Å². The largest absolute Gasteiger partial charge is 0.473 e. The maximum Gasteiger partial charge on any atom is 0.291 e. The Kier molecular flexibility index (Phi) is 3.10. The van der Waals surface area contributed by atoms with Crippen molar-refractivity contribution >= 4 is 11.7 Å². The molecule has 1 aromatic heterocycles. The number of hydrogen-bond acceptors (Lipinski definition) is 5. The zero-order valence-corrected chi connectivity index (χ0v) is 11.9. The van der Waals surface area contributed by atoms with Crippen LogP contribution < -0.4 is 9.47 Å². The summed E-state index contributed by atoms with van der Waals surface area (Å²) < 4.78 is 20.4. The molecule has 3 fully saturated rings. The van der Waals surface area contributed by atoms with Gasteiger partial charge in [0.2, 0.25) is 0 Å². The van der Waals surface area contributed by atoms with E-state index in [0.29, 0.717) is 17.9 Å². The highest BCUT2D eigenvalue weighted by atomic mass is 32.1. The summed E-state index contributed by atoms with van der Waals surface area (Å²) in [5.74, 6) is 3.62. The van der Waals surface area contributed by atoms with Crippen LogP contribution in [-0.4, -0.2) is 21.5 Å². The summed E-state index contributed by atoms with van der Waals surface area (Å²) in [5.41, 5.74) is 0. The van der Waals surface area contributed by atoms with Crippen LogP contribution in [0.5, 0.6) is 11.8 Å². The average Bonchev–Trinajstić information content (AvgIpc) is 3.04. The van der Waals surface area contributed by atoms with Crippen molar-refractivity contribution < 1.29 is 9.47 Å². The molecule has 4 rings (SSSR count). The first-order chi connectivity index (χ1) is 9.38. The van der Waals surface area contributed by atoms with Crippen LogP contribution in [0.4, 0.5) is 0 Å². The van der Waals surface area contributed by atoms with Crippen molar-refractivity contribution in [1.82, 2.24) is 8.75 Å². The summed E-state index contributed by atoms with van der Waals surface area (Å²) in [6.07, 6.45) is 9.55. The van der Waals surface area contributed by atoms with Crippen LogP contribution in [0, 0.1) is 17.8 Å². The second-order valence-electron chi connectivity index (χ2n) is 6.31. The highest BCUT2D eigenvalue weighted by Gasteiger charge is 2.41. The van der Waals surface area contributed by atoms with E-state index in [1.807, 2.05) is 0 Å². The van der Waals surface area contributed by atoms with E-state index in [1.165, 1.54) is 56.7 Å². The smallest absolute Gasteiger partial charge is 0.291 e. The monoisotopic (exact) mass is 280 g/mol. The molecule has 3 saturated carbocycles. The number of aromatic nitrogens is 2. The van der Waals surface area contributed by atoms with Crippen molar-refractivity contribution in [2.24, 2.45) is 17.8 Å². The molecule has 3 aliphatic carbocycles. The Labute approximate surface area is 117 Å². The molecule has 1 aromatic rings. The van der Waals surface area contributed by atoms with Gasteiger partial charge in [-0.15, -0.1) is 8.75 Å². The zero-order valence-electron chi connectivity index (χ0n) is 11.1. The molecule has 5 heteroatoms. The molecule has 0 saturated heterocycles. The van der Waals surface area contributed by atoms with Gasteiger partial charge in [0.05, 0.1) is 18.3 Å². The molecule has 0 spiro atoms. The first-order valence-corrected chi connectivity index (χ1v) is 8.23. The van der Waals surface area contributed by atoms with E-state index in [9.17, 15) is 0 Å². The van der Waals surface area contributed by atoms with E-state index in [2.05, 4.69) is 8.75 Å². The van der Waals surface area contributed by atoms with Crippen molar-refractivity contribution in [3.8, 4) is 11.8 Å². The fourth-order valence-corrected chi connectivity index (χ4v) is 4.10. The molecule has 1 heterocycles. The third-order valence-electron chi connectivity index (χ3n) is 5.05. The van der Waals surface area contributed by atoms with Crippen molar-refractivity contribution in [3.63, 3.8) is 0 Å². The molecule has 19 heavy (non-hydrogen) atoms. The number of ether oxygens (including phenoxy) is 2.